The second kappa shape index (κ2) is 8.03. The van der Waals surface area contributed by atoms with Gasteiger partial charge in [0, 0.05) is 23.8 Å². The molecule has 0 saturated carbocycles. The molecule has 3 rings (SSSR count). The number of rotatable bonds is 5. The number of nitrogens with one attached hydrogen (secondary N) is 2. The summed E-state index contributed by atoms with van der Waals surface area (Å²) in [6, 6.07) is 9.45. The number of hydrogen-bond acceptors (Lipinski definition) is 5. The molecule has 1 aliphatic heterocycles. The number of carbonyl (C=O) groups excluding carboxylic acids is 2. The lowest BCUT2D eigenvalue weighted by Crippen LogP contribution is -2.43. The number of piperidine rings is 1. The molecule has 6 nitrogen and oxygen atoms in total. The molecule has 0 radical (unpaired) electrons. The van der Waals surface area contributed by atoms with Gasteiger partial charge in [0.05, 0.1) is 12.5 Å². The SMILES string of the molecule is O=C(CN1CCC[C@@H](C(=O)Nc2ccccc2)C1)Nc1nccs1. The molecule has 1 fully saturated rings. The molecule has 1 atom stereocenters. The zero-order valence-corrected chi connectivity index (χ0v) is 14.1. The summed E-state index contributed by atoms with van der Waals surface area (Å²) in [7, 11) is 0. The number of para-hydroxylation sites is 1. The number of aromatic nitrogens is 1. The van der Waals surface area contributed by atoms with Crippen molar-refractivity contribution in [2.24, 2.45) is 5.92 Å². The van der Waals surface area contributed by atoms with E-state index in [0.29, 0.717) is 11.7 Å². The number of nitrogens with zero attached hydrogens (tertiary/aromatic N) is 2. The fourth-order valence-corrected chi connectivity index (χ4v) is 3.37. The number of carbonyl (C=O) groups is 2. The summed E-state index contributed by atoms with van der Waals surface area (Å²) < 4.78 is 0. The summed E-state index contributed by atoms with van der Waals surface area (Å²) >= 11 is 1.39. The van der Waals surface area contributed by atoms with E-state index in [9.17, 15) is 9.59 Å². The number of amides is 2. The van der Waals surface area contributed by atoms with E-state index in [1.165, 1.54) is 11.3 Å². The van der Waals surface area contributed by atoms with Crippen molar-refractivity contribution in [3.05, 3.63) is 41.9 Å². The van der Waals surface area contributed by atoms with E-state index < -0.39 is 0 Å². The van der Waals surface area contributed by atoms with E-state index in [-0.39, 0.29) is 24.3 Å². The van der Waals surface area contributed by atoms with Gasteiger partial charge in [0.2, 0.25) is 11.8 Å². The molecule has 24 heavy (non-hydrogen) atoms. The van der Waals surface area contributed by atoms with Crippen LogP contribution in [0.1, 0.15) is 12.8 Å². The lowest BCUT2D eigenvalue weighted by Gasteiger charge is -2.31. The number of hydrogen-bond donors (Lipinski definition) is 2. The Hall–Kier alpha value is -2.25. The van der Waals surface area contributed by atoms with Gasteiger partial charge in [0.15, 0.2) is 5.13 Å². The van der Waals surface area contributed by atoms with Crippen LogP contribution in [-0.2, 0) is 9.59 Å². The molecule has 0 bridgehead atoms. The molecule has 2 N–H and O–H groups in total. The minimum Gasteiger partial charge on any atom is -0.326 e. The van der Waals surface area contributed by atoms with Gasteiger partial charge in [-0.2, -0.15) is 0 Å². The van der Waals surface area contributed by atoms with Gasteiger partial charge in [-0.15, -0.1) is 11.3 Å². The third kappa shape index (κ3) is 4.62. The van der Waals surface area contributed by atoms with Crippen LogP contribution in [0.25, 0.3) is 0 Å². The van der Waals surface area contributed by atoms with Crippen LogP contribution in [0.4, 0.5) is 10.8 Å². The van der Waals surface area contributed by atoms with Crippen LogP contribution >= 0.6 is 11.3 Å². The number of thiazole rings is 1. The van der Waals surface area contributed by atoms with Crippen LogP contribution in [0.15, 0.2) is 41.9 Å². The Morgan fingerprint density at radius 1 is 1.25 bits per heavy atom. The van der Waals surface area contributed by atoms with E-state index in [1.807, 2.05) is 40.6 Å². The first-order valence-electron chi connectivity index (χ1n) is 7.98. The molecular formula is C17H20N4O2S. The van der Waals surface area contributed by atoms with Crippen molar-refractivity contribution in [1.82, 2.24) is 9.88 Å². The zero-order valence-electron chi connectivity index (χ0n) is 13.3. The summed E-state index contributed by atoms with van der Waals surface area (Å²) in [5, 5.41) is 8.15. The Morgan fingerprint density at radius 2 is 2.08 bits per heavy atom. The summed E-state index contributed by atoms with van der Waals surface area (Å²) in [5.74, 6) is -0.160. The van der Waals surface area contributed by atoms with E-state index in [4.69, 9.17) is 0 Å². The van der Waals surface area contributed by atoms with Gasteiger partial charge in [0.25, 0.3) is 0 Å². The average Bonchev–Trinajstić information content (AvgIpc) is 3.09. The van der Waals surface area contributed by atoms with Crippen molar-refractivity contribution >= 4 is 34.0 Å². The predicted octanol–water partition coefficient (Wildman–Crippen LogP) is 2.43. The van der Waals surface area contributed by atoms with E-state index >= 15 is 0 Å². The van der Waals surface area contributed by atoms with Crippen LogP contribution in [0.5, 0.6) is 0 Å². The second-order valence-corrected chi connectivity index (χ2v) is 6.71. The Kier molecular flexibility index (Phi) is 5.55. The van der Waals surface area contributed by atoms with Crippen molar-refractivity contribution in [2.75, 3.05) is 30.3 Å². The molecule has 0 spiro atoms. The van der Waals surface area contributed by atoms with Crippen molar-refractivity contribution in [3.8, 4) is 0 Å². The normalized spacial score (nSPS) is 18.1. The van der Waals surface area contributed by atoms with E-state index in [2.05, 4.69) is 15.6 Å². The maximum atomic E-state index is 12.4. The largest absolute Gasteiger partial charge is 0.326 e. The summed E-state index contributed by atoms with van der Waals surface area (Å²) in [6.07, 6.45) is 3.42. The molecule has 7 heteroatoms. The fourth-order valence-electron chi connectivity index (χ4n) is 2.83. The molecule has 2 amide bonds. The molecule has 2 heterocycles. The first-order valence-corrected chi connectivity index (χ1v) is 8.86. The number of anilines is 2. The molecule has 1 aromatic heterocycles. The van der Waals surface area contributed by atoms with Crippen molar-refractivity contribution < 1.29 is 9.59 Å². The minimum absolute atomic E-state index is 0.0197. The average molecular weight is 344 g/mol. The zero-order chi connectivity index (χ0) is 16.8. The summed E-state index contributed by atoms with van der Waals surface area (Å²) in [4.78, 5) is 30.5. The Bertz CT molecular complexity index is 675. The van der Waals surface area contributed by atoms with Crippen LogP contribution in [0.3, 0.4) is 0 Å². The smallest absolute Gasteiger partial charge is 0.240 e. The highest BCUT2D eigenvalue weighted by molar-refractivity contribution is 7.13. The highest BCUT2D eigenvalue weighted by Gasteiger charge is 2.27. The van der Waals surface area contributed by atoms with Crippen LogP contribution in [-0.4, -0.2) is 41.3 Å². The molecule has 0 aliphatic carbocycles. The minimum atomic E-state index is -0.0911. The molecule has 1 aliphatic rings. The molecule has 1 aromatic carbocycles. The third-order valence-corrected chi connectivity index (χ3v) is 4.65. The third-order valence-electron chi connectivity index (χ3n) is 3.96. The quantitative estimate of drug-likeness (QED) is 0.874. The molecular weight excluding hydrogens is 324 g/mol. The van der Waals surface area contributed by atoms with Crippen molar-refractivity contribution in [2.45, 2.75) is 12.8 Å². The van der Waals surface area contributed by atoms with Gasteiger partial charge >= 0.3 is 0 Å². The van der Waals surface area contributed by atoms with Crippen molar-refractivity contribution in [1.29, 1.82) is 0 Å². The van der Waals surface area contributed by atoms with Crippen LogP contribution in [0, 0.1) is 5.92 Å². The fraction of sp³-hybridized carbons (Fsp3) is 0.353. The molecule has 2 aromatic rings. The topological polar surface area (TPSA) is 74.3 Å². The Balaban J connectivity index is 1.50. The summed E-state index contributed by atoms with van der Waals surface area (Å²) in [6.45, 7) is 1.72. The van der Waals surface area contributed by atoms with Gasteiger partial charge in [-0.05, 0) is 31.5 Å². The predicted molar refractivity (Wildman–Crippen MR) is 95.0 cm³/mol. The Morgan fingerprint density at radius 3 is 2.83 bits per heavy atom. The number of benzene rings is 1. The first-order chi connectivity index (χ1) is 11.7. The van der Waals surface area contributed by atoms with Crippen LogP contribution < -0.4 is 10.6 Å². The molecule has 126 valence electrons. The number of likely N-dealkylation sites (tertiary alicyclic amines) is 1. The maximum Gasteiger partial charge on any atom is 0.240 e. The lowest BCUT2D eigenvalue weighted by molar-refractivity contribution is -0.123. The van der Waals surface area contributed by atoms with Gasteiger partial charge in [-0.25, -0.2) is 4.98 Å². The molecule has 0 unspecified atom stereocenters. The summed E-state index contributed by atoms with van der Waals surface area (Å²) in [5.41, 5.74) is 0.807. The van der Waals surface area contributed by atoms with Crippen molar-refractivity contribution in [3.63, 3.8) is 0 Å². The Labute approximate surface area is 144 Å². The van der Waals surface area contributed by atoms with E-state index in [1.54, 1.807) is 6.20 Å². The molecule has 1 saturated heterocycles. The van der Waals surface area contributed by atoms with Gasteiger partial charge < -0.3 is 10.6 Å². The monoisotopic (exact) mass is 344 g/mol. The standard InChI is InChI=1S/C17H20N4O2S/c22-15(20-17-18-8-10-24-17)12-21-9-4-5-13(11-21)16(23)19-14-6-2-1-3-7-14/h1-3,6-8,10,13H,4-5,9,11-12H2,(H,19,23)(H,18,20,22)/t13-/m1/s1. The van der Waals surface area contributed by atoms with E-state index in [0.717, 1.165) is 25.1 Å². The van der Waals surface area contributed by atoms with Gasteiger partial charge in [-0.3, -0.25) is 14.5 Å². The maximum absolute atomic E-state index is 12.4. The van der Waals surface area contributed by atoms with Crippen LogP contribution in [0.2, 0.25) is 0 Å². The lowest BCUT2D eigenvalue weighted by atomic mass is 9.97. The van der Waals surface area contributed by atoms with Gasteiger partial charge in [0.1, 0.15) is 0 Å². The highest BCUT2D eigenvalue weighted by Crippen LogP contribution is 2.19. The second-order valence-electron chi connectivity index (χ2n) is 5.81. The van der Waals surface area contributed by atoms with Gasteiger partial charge in [-0.1, -0.05) is 18.2 Å². The first kappa shape index (κ1) is 16.6. The highest BCUT2D eigenvalue weighted by atomic mass is 32.1.